The van der Waals surface area contributed by atoms with Crippen molar-refractivity contribution in [1.82, 2.24) is 10.3 Å². The van der Waals surface area contributed by atoms with Crippen molar-refractivity contribution in [2.24, 2.45) is 0 Å². The zero-order valence-electron chi connectivity index (χ0n) is 13.8. The Morgan fingerprint density at radius 3 is 2.58 bits per heavy atom. The van der Waals surface area contributed by atoms with Crippen LogP contribution in [0.4, 0.5) is 18.9 Å². The fourth-order valence-corrected chi connectivity index (χ4v) is 3.15. The van der Waals surface area contributed by atoms with Gasteiger partial charge in [0, 0.05) is 24.2 Å². The van der Waals surface area contributed by atoms with Crippen LogP contribution in [0.5, 0.6) is 0 Å². The maximum absolute atomic E-state index is 13.3. The van der Waals surface area contributed by atoms with E-state index in [-0.39, 0.29) is 0 Å². The van der Waals surface area contributed by atoms with E-state index in [1.807, 2.05) is 19.1 Å². The molecule has 1 aromatic heterocycles. The van der Waals surface area contributed by atoms with Crippen LogP contribution in [0, 0.1) is 6.92 Å². The molecule has 0 amide bonds. The van der Waals surface area contributed by atoms with E-state index in [2.05, 4.69) is 15.2 Å². The highest BCUT2D eigenvalue weighted by Crippen LogP contribution is 2.35. The fraction of sp³-hybridized carbons (Fsp3) is 0.500. The van der Waals surface area contributed by atoms with Gasteiger partial charge < -0.3 is 10.2 Å². The molecule has 2 heterocycles. The van der Waals surface area contributed by atoms with Gasteiger partial charge >= 0.3 is 6.18 Å². The standard InChI is InChI=1S/C18H22F3N3/c1-13-5-6-15-14(11-13)16(12-17(23-15)18(19,20)21)24-9-3-2-7-22-8-4-10-24/h5-6,11-12,22H,2-4,7-10H2,1H3. The summed E-state index contributed by atoms with van der Waals surface area (Å²) in [6, 6.07) is 6.64. The number of aryl methyl sites for hydroxylation is 1. The zero-order chi connectivity index (χ0) is 17.2. The average molecular weight is 337 g/mol. The van der Waals surface area contributed by atoms with E-state index in [0.717, 1.165) is 56.4 Å². The summed E-state index contributed by atoms with van der Waals surface area (Å²) in [5.41, 5.74) is 1.27. The summed E-state index contributed by atoms with van der Waals surface area (Å²) in [5.74, 6) is 0. The second-order valence-corrected chi connectivity index (χ2v) is 6.34. The summed E-state index contributed by atoms with van der Waals surface area (Å²) in [4.78, 5) is 5.93. The molecule has 1 aliphatic heterocycles. The van der Waals surface area contributed by atoms with Crippen LogP contribution in [0.2, 0.25) is 0 Å². The highest BCUT2D eigenvalue weighted by molar-refractivity contribution is 5.92. The Morgan fingerprint density at radius 2 is 1.79 bits per heavy atom. The third-order valence-corrected chi connectivity index (χ3v) is 4.39. The Kier molecular flexibility index (Phi) is 4.94. The number of nitrogens with one attached hydrogen (secondary N) is 1. The van der Waals surface area contributed by atoms with E-state index in [9.17, 15) is 13.2 Å². The first-order valence-corrected chi connectivity index (χ1v) is 8.39. The van der Waals surface area contributed by atoms with Crippen LogP contribution in [0.25, 0.3) is 10.9 Å². The molecule has 0 saturated carbocycles. The lowest BCUT2D eigenvalue weighted by Gasteiger charge is -2.26. The summed E-state index contributed by atoms with van der Waals surface area (Å²) in [6.07, 6.45) is -1.53. The Bertz CT molecular complexity index is 702. The topological polar surface area (TPSA) is 28.2 Å². The van der Waals surface area contributed by atoms with Crippen molar-refractivity contribution < 1.29 is 13.2 Å². The quantitative estimate of drug-likeness (QED) is 0.848. The van der Waals surface area contributed by atoms with Crippen LogP contribution in [-0.4, -0.2) is 31.2 Å². The molecule has 6 heteroatoms. The van der Waals surface area contributed by atoms with Gasteiger partial charge in [-0.3, -0.25) is 0 Å². The minimum absolute atomic E-state index is 0.406. The lowest BCUT2D eigenvalue weighted by atomic mass is 10.1. The van der Waals surface area contributed by atoms with Crippen molar-refractivity contribution >= 4 is 16.6 Å². The van der Waals surface area contributed by atoms with E-state index in [4.69, 9.17) is 0 Å². The van der Waals surface area contributed by atoms with E-state index < -0.39 is 11.9 Å². The zero-order valence-corrected chi connectivity index (χ0v) is 13.8. The highest BCUT2D eigenvalue weighted by Gasteiger charge is 2.34. The SMILES string of the molecule is Cc1ccc2nc(C(F)(F)F)cc(N3CCCCNCCC3)c2c1. The number of pyridine rings is 1. The van der Waals surface area contributed by atoms with Crippen LogP contribution >= 0.6 is 0 Å². The van der Waals surface area contributed by atoms with E-state index in [1.54, 1.807) is 6.07 Å². The van der Waals surface area contributed by atoms with Crippen LogP contribution in [-0.2, 0) is 6.18 Å². The molecule has 0 unspecified atom stereocenters. The number of anilines is 1. The molecule has 0 aliphatic carbocycles. The molecule has 1 aliphatic rings. The first-order chi connectivity index (χ1) is 11.4. The molecule has 0 bridgehead atoms. The van der Waals surface area contributed by atoms with Gasteiger partial charge in [0.15, 0.2) is 0 Å². The molecule has 0 spiro atoms. The number of alkyl halides is 3. The Morgan fingerprint density at radius 1 is 1.04 bits per heavy atom. The number of aromatic nitrogens is 1. The fourth-order valence-electron chi connectivity index (χ4n) is 3.15. The van der Waals surface area contributed by atoms with Gasteiger partial charge in [-0.05, 0) is 57.5 Å². The Hall–Kier alpha value is -1.82. The first-order valence-electron chi connectivity index (χ1n) is 8.39. The molecular weight excluding hydrogens is 315 g/mol. The van der Waals surface area contributed by atoms with Gasteiger partial charge in [-0.15, -0.1) is 0 Å². The third kappa shape index (κ3) is 3.80. The number of rotatable bonds is 1. The molecule has 0 radical (unpaired) electrons. The second-order valence-electron chi connectivity index (χ2n) is 6.34. The van der Waals surface area contributed by atoms with Crippen LogP contribution in [0.15, 0.2) is 24.3 Å². The number of fused-ring (bicyclic) bond motifs is 1. The van der Waals surface area contributed by atoms with Gasteiger partial charge in [0.1, 0.15) is 5.69 Å². The molecule has 1 N–H and O–H groups in total. The van der Waals surface area contributed by atoms with Crippen molar-refractivity contribution in [3.63, 3.8) is 0 Å². The van der Waals surface area contributed by atoms with Gasteiger partial charge in [0.05, 0.1) is 5.52 Å². The van der Waals surface area contributed by atoms with Crippen molar-refractivity contribution in [3.05, 3.63) is 35.5 Å². The number of hydrogen-bond donors (Lipinski definition) is 1. The van der Waals surface area contributed by atoms with Gasteiger partial charge in [-0.1, -0.05) is 11.6 Å². The number of hydrogen-bond acceptors (Lipinski definition) is 3. The monoisotopic (exact) mass is 337 g/mol. The predicted molar refractivity (Wildman–Crippen MR) is 90.4 cm³/mol. The average Bonchev–Trinajstić information content (AvgIpc) is 2.66. The minimum Gasteiger partial charge on any atom is -0.371 e. The summed E-state index contributed by atoms with van der Waals surface area (Å²) in [5, 5.41) is 4.16. The molecule has 1 saturated heterocycles. The maximum atomic E-state index is 13.3. The molecular formula is C18H22F3N3. The molecule has 130 valence electrons. The van der Waals surface area contributed by atoms with E-state index in [1.165, 1.54) is 6.07 Å². The first kappa shape index (κ1) is 17.0. The van der Waals surface area contributed by atoms with Gasteiger partial charge in [0.2, 0.25) is 0 Å². The smallest absolute Gasteiger partial charge is 0.371 e. The molecule has 3 rings (SSSR count). The maximum Gasteiger partial charge on any atom is 0.433 e. The molecule has 0 atom stereocenters. The van der Waals surface area contributed by atoms with E-state index in [0.29, 0.717) is 11.2 Å². The van der Waals surface area contributed by atoms with Gasteiger partial charge in [-0.25, -0.2) is 4.98 Å². The number of nitrogens with zero attached hydrogens (tertiary/aromatic N) is 2. The lowest BCUT2D eigenvalue weighted by molar-refractivity contribution is -0.140. The van der Waals surface area contributed by atoms with Crippen molar-refractivity contribution in [1.29, 1.82) is 0 Å². The molecule has 2 aromatic rings. The lowest BCUT2D eigenvalue weighted by Crippen LogP contribution is -2.27. The predicted octanol–water partition coefficient (Wildman–Crippen LogP) is 4.14. The highest BCUT2D eigenvalue weighted by atomic mass is 19.4. The van der Waals surface area contributed by atoms with E-state index >= 15 is 0 Å². The third-order valence-electron chi connectivity index (χ3n) is 4.39. The number of benzene rings is 1. The van der Waals surface area contributed by atoms with Crippen LogP contribution in [0.1, 0.15) is 30.5 Å². The van der Waals surface area contributed by atoms with Crippen LogP contribution < -0.4 is 10.2 Å². The van der Waals surface area contributed by atoms with Crippen molar-refractivity contribution in [2.75, 3.05) is 31.1 Å². The molecule has 24 heavy (non-hydrogen) atoms. The summed E-state index contributed by atoms with van der Waals surface area (Å²) < 4.78 is 39.8. The van der Waals surface area contributed by atoms with Gasteiger partial charge in [-0.2, -0.15) is 13.2 Å². The normalized spacial score (nSPS) is 17.4. The molecule has 1 aromatic carbocycles. The van der Waals surface area contributed by atoms with Crippen LogP contribution in [0.3, 0.4) is 0 Å². The second kappa shape index (κ2) is 6.97. The summed E-state index contributed by atoms with van der Waals surface area (Å²) >= 11 is 0. The van der Waals surface area contributed by atoms with Crippen molar-refractivity contribution in [2.45, 2.75) is 32.4 Å². The Labute approximate surface area is 139 Å². The van der Waals surface area contributed by atoms with Crippen molar-refractivity contribution in [3.8, 4) is 0 Å². The van der Waals surface area contributed by atoms with Gasteiger partial charge in [0.25, 0.3) is 0 Å². The number of halogens is 3. The Balaban J connectivity index is 2.10. The molecule has 1 fully saturated rings. The largest absolute Gasteiger partial charge is 0.433 e. The summed E-state index contributed by atoms with van der Waals surface area (Å²) in [6.45, 7) is 5.33. The minimum atomic E-state index is -4.44. The molecule has 3 nitrogen and oxygen atoms in total. The summed E-state index contributed by atoms with van der Waals surface area (Å²) in [7, 11) is 0.